The average molecular weight is 253 g/mol. The number of aryl methyl sites for hydroxylation is 1. The van der Waals surface area contributed by atoms with E-state index in [2.05, 4.69) is 72.9 Å². The Morgan fingerprint density at radius 3 is 2.16 bits per heavy atom. The zero-order valence-electron chi connectivity index (χ0n) is 11.7. The van der Waals surface area contributed by atoms with E-state index in [-0.39, 0.29) is 0 Å². The van der Waals surface area contributed by atoms with Crippen molar-refractivity contribution >= 4 is 0 Å². The molecule has 0 aliphatic carbocycles. The Labute approximate surface area is 116 Å². The number of benzene rings is 2. The summed E-state index contributed by atoms with van der Waals surface area (Å²) in [6.45, 7) is 3.19. The first kappa shape index (κ1) is 13.8. The van der Waals surface area contributed by atoms with Gasteiger partial charge in [0.1, 0.15) is 0 Å². The van der Waals surface area contributed by atoms with E-state index in [4.69, 9.17) is 0 Å². The maximum atomic E-state index is 3.59. The quantitative estimate of drug-likeness (QED) is 0.773. The van der Waals surface area contributed by atoms with E-state index in [9.17, 15) is 0 Å². The molecule has 2 rings (SSSR count). The topological polar surface area (TPSA) is 12.0 Å². The third-order valence-electron chi connectivity index (χ3n) is 3.45. The summed E-state index contributed by atoms with van der Waals surface area (Å²) in [4.78, 5) is 0. The van der Waals surface area contributed by atoms with Gasteiger partial charge in [0.15, 0.2) is 0 Å². The van der Waals surface area contributed by atoms with Crippen LogP contribution in [0.2, 0.25) is 0 Å². The van der Waals surface area contributed by atoms with Crippen LogP contribution in [0.25, 0.3) is 0 Å². The van der Waals surface area contributed by atoms with Gasteiger partial charge in [-0.2, -0.15) is 0 Å². The van der Waals surface area contributed by atoms with Crippen LogP contribution in [0.1, 0.15) is 36.9 Å². The molecule has 0 aliphatic rings. The normalized spacial score (nSPS) is 12.3. The summed E-state index contributed by atoms with van der Waals surface area (Å²) in [5.41, 5.74) is 2.84. The smallest absolute Gasteiger partial charge is 0.0320 e. The Morgan fingerprint density at radius 1 is 0.895 bits per heavy atom. The van der Waals surface area contributed by atoms with Gasteiger partial charge in [-0.25, -0.2) is 0 Å². The zero-order valence-corrected chi connectivity index (χ0v) is 11.7. The first-order chi connectivity index (χ1) is 9.40. The second-order valence-electron chi connectivity index (χ2n) is 4.90. The highest BCUT2D eigenvalue weighted by Crippen LogP contribution is 2.19. The van der Waals surface area contributed by atoms with Crippen LogP contribution in [0.15, 0.2) is 60.7 Å². The first-order valence-corrected chi connectivity index (χ1v) is 7.22. The predicted octanol–water partition coefficient (Wildman–Crippen LogP) is 4.36. The highest BCUT2D eigenvalue weighted by Gasteiger charge is 2.09. The molecule has 0 saturated heterocycles. The van der Waals surface area contributed by atoms with E-state index in [1.165, 1.54) is 24.0 Å². The Kier molecular flexibility index (Phi) is 5.64. The lowest BCUT2D eigenvalue weighted by atomic mass is 9.99. The summed E-state index contributed by atoms with van der Waals surface area (Å²) in [5, 5.41) is 3.59. The highest BCUT2D eigenvalue weighted by atomic mass is 14.9. The predicted molar refractivity (Wildman–Crippen MR) is 82.2 cm³/mol. The fourth-order valence-corrected chi connectivity index (χ4v) is 2.47. The van der Waals surface area contributed by atoms with Crippen molar-refractivity contribution in [1.29, 1.82) is 0 Å². The van der Waals surface area contributed by atoms with Gasteiger partial charge in [-0.1, -0.05) is 67.6 Å². The van der Waals surface area contributed by atoms with Crippen molar-refractivity contribution < 1.29 is 0 Å². The van der Waals surface area contributed by atoms with Gasteiger partial charge in [0.05, 0.1) is 0 Å². The zero-order chi connectivity index (χ0) is 13.3. The van der Waals surface area contributed by atoms with Gasteiger partial charge in [-0.05, 0) is 36.9 Å². The molecule has 0 heterocycles. The molecule has 19 heavy (non-hydrogen) atoms. The van der Waals surface area contributed by atoms with Crippen LogP contribution in [0.5, 0.6) is 0 Å². The lowest BCUT2D eigenvalue weighted by Gasteiger charge is -2.18. The average Bonchev–Trinajstić information content (AvgIpc) is 2.48. The maximum Gasteiger partial charge on any atom is 0.0320 e. The summed E-state index contributed by atoms with van der Waals surface area (Å²) < 4.78 is 0. The van der Waals surface area contributed by atoms with Crippen LogP contribution in [0.3, 0.4) is 0 Å². The highest BCUT2D eigenvalue weighted by molar-refractivity contribution is 5.19. The van der Waals surface area contributed by atoms with E-state index in [0.29, 0.717) is 6.04 Å². The summed E-state index contributed by atoms with van der Waals surface area (Å²) in [5.74, 6) is 0. The van der Waals surface area contributed by atoms with E-state index in [1.54, 1.807) is 0 Å². The minimum Gasteiger partial charge on any atom is -0.310 e. The van der Waals surface area contributed by atoms with Crippen LogP contribution < -0.4 is 5.32 Å². The Balaban J connectivity index is 1.87. The van der Waals surface area contributed by atoms with Gasteiger partial charge in [0, 0.05) is 6.04 Å². The molecule has 0 fully saturated rings. The molecule has 0 bridgehead atoms. The van der Waals surface area contributed by atoms with E-state index in [1.807, 2.05) is 0 Å². The third kappa shape index (κ3) is 4.53. The fraction of sp³-hybridized carbons (Fsp3) is 0.333. The van der Waals surface area contributed by atoms with Gasteiger partial charge in [0.25, 0.3) is 0 Å². The monoisotopic (exact) mass is 253 g/mol. The van der Waals surface area contributed by atoms with Crippen molar-refractivity contribution in [2.75, 3.05) is 6.54 Å². The van der Waals surface area contributed by atoms with Gasteiger partial charge in [-0.3, -0.25) is 0 Å². The van der Waals surface area contributed by atoms with Crippen molar-refractivity contribution in [3.63, 3.8) is 0 Å². The lowest BCUT2D eigenvalue weighted by molar-refractivity contribution is 0.498. The second-order valence-corrected chi connectivity index (χ2v) is 4.90. The molecule has 0 aromatic heterocycles. The van der Waals surface area contributed by atoms with Gasteiger partial charge in [-0.15, -0.1) is 0 Å². The molecular formula is C18H23N. The molecule has 0 radical (unpaired) electrons. The van der Waals surface area contributed by atoms with Crippen molar-refractivity contribution in [1.82, 2.24) is 5.32 Å². The van der Waals surface area contributed by atoms with Gasteiger partial charge < -0.3 is 5.32 Å². The number of nitrogens with one attached hydrogen (secondary N) is 1. The molecule has 1 heteroatoms. The largest absolute Gasteiger partial charge is 0.310 e. The van der Waals surface area contributed by atoms with Crippen molar-refractivity contribution in [2.24, 2.45) is 0 Å². The molecule has 1 atom stereocenters. The van der Waals surface area contributed by atoms with Crippen molar-refractivity contribution in [3.05, 3.63) is 71.8 Å². The molecule has 1 nitrogen and oxygen atoms in total. The SMILES string of the molecule is CCNC(CCCc1ccccc1)c1ccccc1. The Bertz CT molecular complexity index is 450. The lowest BCUT2D eigenvalue weighted by Crippen LogP contribution is -2.20. The molecule has 1 unspecified atom stereocenters. The van der Waals surface area contributed by atoms with Crippen LogP contribution >= 0.6 is 0 Å². The van der Waals surface area contributed by atoms with E-state index < -0.39 is 0 Å². The third-order valence-corrected chi connectivity index (χ3v) is 3.45. The number of hydrogen-bond acceptors (Lipinski definition) is 1. The second kappa shape index (κ2) is 7.75. The summed E-state index contributed by atoms with van der Waals surface area (Å²) in [7, 11) is 0. The standard InChI is InChI=1S/C18H23N/c1-2-19-18(17-13-7-4-8-14-17)15-9-12-16-10-5-3-6-11-16/h3-8,10-11,13-14,18-19H,2,9,12,15H2,1H3. The summed E-state index contributed by atoms with van der Waals surface area (Å²) in [6, 6.07) is 22.0. The molecule has 0 saturated carbocycles. The molecule has 0 spiro atoms. The van der Waals surface area contributed by atoms with Gasteiger partial charge >= 0.3 is 0 Å². The molecular weight excluding hydrogens is 230 g/mol. The molecule has 2 aromatic rings. The van der Waals surface area contributed by atoms with Crippen LogP contribution in [-0.2, 0) is 6.42 Å². The number of hydrogen-bond donors (Lipinski definition) is 1. The van der Waals surface area contributed by atoms with Crippen LogP contribution in [0, 0.1) is 0 Å². The van der Waals surface area contributed by atoms with E-state index >= 15 is 0 Å². The summed E-state index contributed by atoms with van der Waals surface area (Å²) in [6.07, 6.45) is 3.57. The van der Waals surface area contributed by atoms with Crippen LogP contribution in [-0.4, -0.2) is 6.54 Å². The fourth-order valence-electron chi connectivity index (χ4n) is 2.47. The molecule has 0 amide bonds. The Morgan fingerprint density at radius 2 is 1.53 bits per heavy atom. The summed E-state index contributed by atoms with van der Waals surface area (Å²) >= 11 is 0. The number of rotatable bonds is 7. The van der Waals surface area contributed by atoms with Crippen LogP contribution in [0.4, 0.5) is 0 Å². The van der Waals surface area contributed by atoms with Gasteiger partial charge in [0.2, 0.25) is 0 Å². The molecule has 2 aromatic carbocycles. The minimum absolute atomic E-state index is 0.481. The minimum atomic E-state index is 0.481. The molecule has 0 aliphatic heterocycles. The molecule has 100 valence electrons. The van der Waals surface area contributed by atoms with Crippen molar-refractivity contribution in [3.8, 4) is 0 Å². The first-order valence-electron chi connectivity index (χ1n) is 7.22. The maximum absolute atomic E-state index is 3.59. The Hall–Kier alpha value is -1.60. The van der Waals surface area contributed by atoms with E-state index in [0.717, 1.165) is 13.0 Å². The van der Waals surface area contributed by atoms with Crippen molar-refractivity contribution in [2.45, 2.75) is 32.2 Å². The molecule has 1 N–H and O–H groups in total.